The molecule has 0 atom stereocenters. The second-order valence-corrected chi connectivity index (χ2v) is 5.49. The fraction of sp³-hybridized carbons (Fsp3) is 0.125. The van der Waals surface area contributed by atoms with E-state index in [2.05, 4.69) is 9.72 Å². The third-order valence-electron chi connectivity index (χ3n) is 2.78. The van der Waals surface area contributed by atoms with E-state index in [-0.39, 0.29) is 5.91 Å². The van der Waals surface area contributed by atoms with Crippen LogP contribution in [-0.4, -0.2) is 29.4 Å². The average molecular weight is 345 g/mol. The van der Waals surface area contributed by atoms with E-state index in [0.29, 0.717) is 16.5 Å². The normalized spacial score (nSPS) is 10.5. The predicted molar refractivity (Wildman–Crippen MR) is 90.6 cm³/mol. The molecular formula is C16H15N3O4S. The van der Waals surface area contributed by atoms with Crippen molar-refractivity contribution in [2.24, 2.45) is 5.73 Å². The van der Waals surface area contributed by atoms with Gasteiger partial charge in [0.25, 0.3) is 5.91 Å². The lowest BCUT2D eigenvalue weighted by Gasteiger charge is -2.17. The van der Waals surface area contributed by atoms with E-state index in [1.165, 1.54) is 29.2 Å². The van der Waals surface area contributed by atoms with Gasteiger partial charge in [0.2, 0.25) is 5.91 Å². The zero-order chi connectivity index (χ0) is 17.5. The number of carbonyl (C=O) groups excluding carboxylic acids is 3. The Hall–Kier alpha value is -3.00. The minimum atomic E-state index is -0.729. The minimum absolute atomic E-state index is 0.174. The third-order valence-corrected chi connectivity index (χ3v) is 3.62. The number of anilines is 2. The van der Waals surface area contributed by atoms with Crippen LogP contribution in [0.1, 0.15) is 12.6 Å². The lowest BCUT2D eigenvalue weighted by atomic mass is 10.3. The first-order valence-electron chi connectivity index (χ1n) is 6.92. The predicted octanol–water partition coefficient (Wildman–Crippen LogP) is 1.87. The maximum Gasteiger partial charge on any atom is 0.331 e. The summed E-state index contributed by atoms with van der Waals surface area (Å²) in [5.41, 5.74) is 6.08. The van der Waals surface area contributed by atoms with Crippen LogP contribution in [0.5, 0.6) is 0 Å². The van der Waals surface area contributed by atoms with Crippen LogP contribution in [0, 0.1) is 0 Å². The van der Waals surface area contributed by atoms with Crippen molar-refractivity contribution in [3.63, 3.8) is 0 Å². The van der Waals surface area contributed by atoms with E-state index < -0.39 is 18.5 Å². The molecule has 0 unspecified atom stereocenters. The van der Waals surface area contributed by atoms with Crippen LogP contribution in [0.4, 0.5) is 10.8 Å². The summed E-state index contributed by atoms with van der Waals surface area (Å²) in [6.07, 6.45) is 2.58. The van der Waals surface area contributed by atoms with Crippen LogP contribution in [0.15, 0.2) is 41.8 Å². The first kappa shape index (κ1) is 17.4. The summed E-state index contributed by atoms with van der Waals surface area (Å²) >= 11 is 1.27. The number of esters is 1. The van der Waals surface area contributed by atoms with Crippen LogP contribution < -0.4 is 10.6 Å². The van der Waals surface area contributed by atoms with Crippen molar-refractivity contribution in [1.29, 1.82) is 0 Å². The van der Waals surface area contributed by atoms with Crippen LogP contribution >= 0.6 is 11.3 Å². The van der Waals surface area contributed by atoms with E-state index in [9.17, 15) is 14.4 Å². The summed E-state index contributed by atoms with van der Waals surface area (Å²) in [5, 5.41) is 2.19. The fourth-order valence-corrected chi connectivity index (χ4v) is 2.66. The van der Waals surface area contributed by atoms with Gasteiger partial charge in [-0.25, -0.2) is 9.78 Å². The van der Waals surface area contributed by atoms with E-state index in [1.54, 1.807) is 17.5 Å². The molecule has 1 aromatic carbocycles. The van der Waals surface area contributed by atoms with Crippen LogP contribution in [0.3, 0.4) is 0 Å². The second-order valence-electron chi connectivity index (χ2n) is 4.65. The van der Waals surface area contributed by atoms with Crippen molar-refractivity contribution in [1.82, 2.24) is 4.98 Å². The van der Waals surface area contributed by atoms with Gasteiger partial charge in [0, 0.05) is 18.4 Å². The van der Waals surface area contributed by atoms with Gasteiger partial charge in [0.05, 0.1) is 11.4 Å². The average Bonchev–Trinajstić information content (AvgIpc) is 3.00. The first-order chi connectivity index (χ1) is 11.5. The van der Waals surface area contributed by atoms with E-state index in [0.717, 1.165) is 6.08 Å². The summed E-state index contributed by atoms with van der Waals surface area (Å²) < 4.78 is 4.60. The van der Waals surface area contributed by atoms with Crippen molar-refractivity contribution in [3.8, 4) is 0 Å². The molecule has 0 aliphatic heterocycles. The van der Waals surface area contributed by atoms with Crippen LogP contribution in [-0.2, 0) is 19.1 Å². The highest BCUT2D eigenvalue weighted by Gasteiger charge is 2.17. The van der Waals surface area contributed by atoms with Crippen molar-refractivity contribution < 1.29 is 19.1 Å². The number of ether oxygens (including phenoxy) is 1. The van der Waals surface area contributed by atoms with Gasteiger partial charge in [-0.05, 0) is 18.2 Å². The van der Waals surface area contributed by atoms with E-state index in [1.807, 2.05) is 18.2 Å². The van der Waals surface area contributed by atoms with Crippen molar-refractivity contribution in [2.45, 2.75) is 6.92 Å². The van der Waals surface area contributed by atoms with Crippen LogP contribution in [0.2, 0.25) is 0 Å². The van der Waals surface area contributed by atoms with Gasteiger partial charge in [-0.15, -0.1) is 11.3 Å². The zero-order valence-electron chi connectivity index (χ0n) is 12.8. The maximum atomic E-state index is 11.9. The number of para-hydroxylation sites is 1. The molecule has 0 saturated carbocycles. The molecule has 2 rings (SSSR count). The van der Waals surface area contributed by atoms with Crippen molar-refractivity contribution in [2.75, 3.05) is 11.5 Å². The molecule has 1 heterocycles. The third kappa shape index (κ3) is 4.75. The molecule has 24 heavy (non-hydrogen) atoms. The summed E-state index contributed by atoms with van der Waals surface area (Å²) in [7, 11) is 0. The van der Waals surface area contributed by atoms with Gasteiger partial charge in [-0.3, -0.25) is 14.5 Å². The van der Waals surface area contributed by atoms with Crippen molar-refractivity contribution >= 4 is 46.0 Å². The van der Waals surface area contributed by atoms with E-state index in [4.69, 9.17) is 5.73 Å². The number of amides is 2. The zero-order valence-corrected chi connectivity index (χ0v) is 13.7. The van der Waals surface area contributed by atoms with Gasteiger partial charge in [-0.2, -0.15) is 0 Å². The number of hydrogen-bond donors (Lipinski definition) is 1. The molecule has 0 aliphatic rings. The molecule has 124 valence electrons. The van der Waals surface area contributed by atoms with Gasteiger partial charge in [-0.1, -0.05) is 18.2 Å². The number of nitrogens with zero attached hydrogens (tertiary/aromatic N) is 2. The molecule has 1 aromatic heterocycles. The Morgan fingerprint density at radius 2 is 2.00 bits per heavy atom. The molecule has 0 fully saturated rings. The summed E-state index contributed by atoms with van der Waals surface area (Å²) in [4.78, 5) is 39.6. The Labute approximate surface area is 142 Å². The van der Waals surface area contributed by atoms with Crippen molar-refractivity contribution in [3.05, 3.63) is 47.5 Å². The SMILES string of the molecule is CC(=O)N(c1ccccc1)c1nc(/C=C/C(=O)OCC(N)=O)cs1. The quantitative estimate of drug-likeness (QED) is 0.636. The maximum absolute atomic E-state index is 11.9. The van der Waals surface area contributed by atoms with E-state index >= 15 is 0 Å². The minimum Gasteiger partial charge on any atom is -0.452 e. The molecule has 0 spiro atoms. The Kier molecular flexibility index (Phi) is 5.80. The Balaban J connectivity index is 2.12. The Morgan fingerprint density at radius 1 is 1.29 bits per heavy atom. The smallest absolute Gasteiger partial charge is 0.331 e. The molecule has 2 aromatic rings. The Bertz CT molecular complexity index is 771. The second kappa shape index (κ2) is 8.02. The molecule has 0 aliphatic carbocycles. The number of nitrogens with two attached hydrogens (primary N) is 1. The summed E-state index contributed by atoms with van der Waals surface area (Å²) in [6.45, 7) is 0.975. The molecular weight excluding hydrogens is 330 g/mol. The van der Waals surface area contributed by atoms with Gasteiger partial charge in [0.1, 0.15) is 0 Å². The number of benzene rings is 1. The molecule has 0 bridgehead atoms. The molecule has 2 N–H and O–H groups in total. The molecule has 2 amide bonds. The lowest BCUT2D eigenvalue weighted by molar-refractivity contribution is -0.142. The molecule has 7 nitrogen and oxygen atoms in total. The number of carbonyl (C=O) groups is 3. The first-order valence-corrected chi connectivity index (χ1v) is 7.79. The number of rotatable bonds is 6. The van der Waals surface area contributed by atoms with Gasteiger partial charge >= 0.3 is 5.97 Å². The summed E-state index contributed by atoms with van der Waals surface area (Å²) in [5.74, 6) is -1.60. The number of hydrogen-bond acceptors (Lipinski definition) is 6. The van der Waals surface area contributed by atoms with Crippen LogP contribution in [0.25, 0.3) is 6.08 Å². The standard InChI is InChI=1S/C16H15N3O4S/c1-11(20)19(13-5-3-2-4-6-13)16-18-12(10-24-16)7-8-15(22)23-9-14(17)21/h2-8,10H,9H2,1H3,(H2,17,21)/b8-7+. The highest BCUT2D eigenvalue weighted by atomic mass is 32.1. The summed E-state index contributed by atoms with van der Waals surface area (Å²) in [6, 6.07) is 9.12. The lowest BCUT2D eigenvalue weighted by Crippen LogP contribution is -2.22. The molecule has 0 saturated heterocycles. The highest BCUT2D eigenvalue weighted by Crippen LogP contribution is 2.28. The molecule has 0 radical (unpaired) electrons. The number of thiazole rings is 1. The number of primary amides is 1. The highest BCUT2D eigenvalue weighted by molar-refractivity contribution is 7.14. The van der Waals surface area contributed by atoms with Gasteiger partial charge in [0.15, 0.2) is 11.7 Å². The topological polar surface area (TPSA) is 103 Å². The Morgan fingerprint density at radius 3 is 2.62 bits per heavy atom. The molecule has 8 heteroatoms. The fourth-order valence-electron chi connectivity index (χ4n) is 1.80. The largest absolute Gasteiger partial charge is 0.452 e. The monoisotopic (exact) mass is 345 g/mol. The van der Waals surface area contributed by atoms with Gasteiger partial charge < -0.3 is 10.5 Å². The number of aromatic nitrogens is 1.